The topological polar surface area (TPSA) is 61.8 Å². The SMILES string of the molecule is CC1(C)O[C@H]2[C@@H](OCc3ccccc3)CC(S(=O)(=O)c3ccccc3)=C[C@H]2O1. The van der Waals surface area contributed by atoms with Crippen molar-refractivity contribution >= 4 is 9.84 Å². The molecule has 6 heteroatoms. The lowest BCUT2D eigenvalue weighted by Crippen LogP contribution is -2.41. The van der Waals surface area contributed by atoms with Crippen molar-refractivity contribution in [2.24, 2.45) is 0 Å². The minimum Gasteiger partial charge on any atom is -0.370 e. The van der Waals surface area contributed by atoms with Gasteiger partial charge in [-0.2, -0.15) is 0 Å². The zero-order valence-electron chi connectivity index (χ0n) is 15.9. The molecule has 3 atom stereocenters. The molecule has 2 aromatic carbocycles. The van der Waals surface area contributed by atoms with Crippen LogP contribution in [0.25, 0.3) is 0 Å². The van der Waals surface area contributed by atoms with Crippen LogP contribution in [0.5, 0.6) is 0 Å². The van der Waals surface area contributed by atoms with Crippen LogP contribution in [-0.2, 0) is 30.7 Å². The Labute approximate surface area is 165 Å². The summed E-state index contributed by atoms with van der Waals surface area (Å²) in [4.78, 5) is 0.596. The Morgan fingerprint density at radius 1 is 1.00 bits per heavy atom. The Morgan fingerprint density at radius 3 is 2.32 bits per heavy atom. The molecular weight excluding hydrogens is 376 g/mol. The van der Waals surface area contributed by atoms with Gasteiger partial charge in [0.15, 0.2) is 5.79 Å². The highest BCUT2D eigenvalue weighted by Gasteiger charge is 2.48. The largest absolute Gasteiger partial charge is 0.370 e. The number of hydrogen-bond donors (Lipinski definition) is 0. The van der Waals surface area contributed by atoms with Crippen LogP contribution in [0, 0.1) is 0 Å². The summed E-state index contributed by atoms with van der Waals surface area (Å²) in [6.45, 7) is 4.05. The van der Waals surface area contributed by atoms with Gasteiger partial charge in [0.1, 0.15) is 12.2 Å². The first kappa shape index (κ1) is 19.3. The number of rotatable bonds is 5. The zero-order chi connectivity index (χ0) is 19.8. The fraction of sp³-hybridized carbons (Fsp3) is 0.364. The predicted molar refractivity (Wildman–Crippen MR) is 105 cm³/mol. The lowest BCUT2D eigenvalue weighted by molar-refractivity contribution is -0.158. The Kier molecular flexibility index (Phi) is 5.14. The molecule has 2 aliphatic rings. The molecule has 0 N–H and O–H groups in total. The minimum absolute atomic E-state index is 0.255. The lowest BCUT2D eigenvalue weighted by atomic mass is 9.98. The molecule has 1 aliphatic heterocycles. The summed E-state index contributed by atoms with van der Waals surface area (Å²) in [5, 5.41) is 0. The van der Waals surface area contributed by atoms with Crippen molar-refractivity contribution < 1.29 is 22.6 Å². The van der Waals surface area contributed by atoms with Gasteiger partial charge in [-0.25, -0.2) is 8.42 Å². The highest BCUT2D eigenvalue weighted by molar-refractivity contribution is 7.95. The van der Waals surface area contributed by atoms with Gasteiger partial charge in [-0.1, -0.05) is 48.5 Å². The Morgan fingerprint density at radius 2 is 1.64 bits per heavy atom. The Hall–Kier alpha value is -1.99. The summed E-state index contributed by atoms with van der Waals surface area (Å²) in [6.07, 6.45) is 0.728. The molecule has 5 nitrogen and oxygen atoms in total. The van der Waals surface area contributed by atoms with Crippen molar-refractivity contribution in [2.75, 3.05) is 0 Å². The van der Waals surface area contributed by atoms with Gasteiger partial charge >= 0.3 is 0 Å². The third-order valence-electron chi connectivity index (χ3n) is 4.99. The van der Waals surface area contributed by atoms with Crippen LogP contribution in [-0.4, -0.2) is 32.5 Å². The number of fused-ring (bicyclic) bond motifs is 1. The molecule has 4 rings (SSSR count). The molecule has 0 radical (unpaired) electrons. The molecule has 2 aromatic rings. The molecule has 0 spiro atoms. The van der Waals surface area contributed by atoms with E-state index >= 15 is 0 Å². The first-order valence-electron chi connectivity index (χ1n) is 9.37. The van der Waals surface area contributed by atoms with E-state index in [9.17, 15) is 8.42 Å². The minimum atomic E-state index is -3.61. The molecule has 0 unspecified atom stereocenters. The van der Waals surface area contributed by atoms with Gasteiger partial charge < -0.3 is 14.2 Å². The molecule has 28 heavy (non-hydrogen) atoms. The molecule has 0 aromatic heterocycles. The first-order valence-corrected chi connectivity index (χ1v) is 10.9. The number of sulfone groups is 1. The summed E-state index contributed by atoms with van der Waals surface area (Å²) < 4.78 is 44.4. The van der Waals surface area contributed by atoms with Crippen LogP contribution in [0.2, 0.25) is 0 Å². The van der Waals surface area contributed by atoms with Crippen molar-refractivity contribution in [2.45, 2.75) is 55.9 Å². The highest BCUT2D eigenvalue weighted by Crippen LogP contribution is 2.40. The smallest absolute Gasteiger partial charge is 0.202 e. The average Bonchev–Trinajstić information content (AvgIpc) is 3.01. The van der Waals surface area contributed by atoms with Crippen molar-refractivity contribution in [1.29, 1.82) is 0 Å². The van der Waals surface area contributed by atoms with Crippen LogP contribution >= 0.6 is 0 Å². The summed E-state index contributed by atoms with van der Waals surface area (Å²) in [6, 6.07) is 18.3. The molecule has 1 heterocycles. The van der Waals surface area contributed by atoms with Crippen molar-refractivity contribution in [3.8, 4) is 0 Å². The number of hydrogen-bond acceptors (Lipinski definition) is 5. The van der Waals surface area contributed by atoms with Gasteiger partial charge in [0, 0.05) is 6.42 Å². The summed E-state index contributed by atoms with van der Waals surface area (Å²) in [7, 11) is -3.61. The normalized spacial score (nSPS) is 26.5. The van der Waals surface area contributed by atoms with Crippen molar-refractivity contribution in [3.63, 3.8) is 0 Å². The molecule has 0 bridgehead atoms. The molecule has 0 saturated carbocycles. The van der Waals surface area contributed by atoms with Gasteiger partial charge in [0.05, 0.1) is 22.5 Å². The van der Waals surface area contributed by atoms with Crippen LogP contribution in [0.15, 0.2) is 76.5 Å². The quantitative estimate of drug-likeness (QED) is 0.763. The maximum Gasteiger partial charge on any atom is 0.202 e. The number of benzene rings is 2. The van der Waals surface area contributed by atoms with Gasteiger partial charge in [-0.05, 0) is 37.6 Å². The second-order valence-corrected chi connectivity index (χ2v) is 9.56. The fourth-order valence-corrected chi connectivity index (χ4v) is 5.20. The third kappa shape index (κ3) is 3.91. The van der Waals surface area contributed by atoms with E-state index in [-0.39, 0.29) is 17.4 Å². The third-order valence-corrected chi connectivity index (χ3v) is 6.87. The van der Waals surface area contributed by atoms with E-state index in [1.54, 1.807) is 36.4 Å². The van der Waals surface area contributed by atoms with Crippen molar-refractivity contribution in [1.82, 2.24) is 0 Å². The molecule has 0 amide bonds. The van der Waals surface area contributed by atoms with Crippen molar-refractivity contribution in [3.05, 3.63) is 77.2 Å². The first-order chi connectivity index (χ1) is 13.4. The van der Waals surface area contributed by atoms with E-state index in [2.05, 4.69) is 0 Å². The van der Waals surface area contributed by atoms with Crippen LogP contribution in [0.3, 0.4) is 0 Å². The Balaban J connectivity index is 1.62. The Bertz CT molecular complexity index is 951. The van der Waals surface area contributed by atoms with E-state index in [0.29, 0.717) is 11.5 Å². The average molecular weight is 400 g/mol. The summed E-state index contributed by atoms with van der Waals surface area (Å²) in [5.41, 5.74) is 1.03. The van der Waals surface area contributed by atoms with Gasteiger partial charge in [-0.3, -0.25) is 0 Å². The fourth-order valence-electron chi connectivity index (χ4n) is 3.68. The zero-order valence-corrected chi connectivity index (χ0v) is 16.8. The predicted octanol–water partition coefficient (Wildman–Crippen LogP) is 3.85. The summed E-state index contributed by atoms with van der Waals surface area (Å²) in [5.74, 6) is -0.786. The van der Waals surface area contributed by atoms with E-state index in [4.69, 9.17) is 14.2 Å². The van der Waals surface area contributed by atoms with E-state index in [0.717, 1.165) is 5.56 Å². The summed E-state index contributed by atoms with van der Waals surface area (Å²) >= 11 is 0. The molecule has 1 aliphatic carbocycles. The second kappa shape index (κ2) is 7.44. The van der Waals surface area contributed by atoms with Gasteiger partial charge in [0.2, 0.25) is 9.84 Å². The second-order valence-electron chi connectivity index (χ2n) is 7.55. The molecule has 148 valence electrons. The highest BCUT2D eigenvalue weighted by atomic mass is 32.2. The van der Waals surface area contributed by atoms with Gasteiger partial charge in [0.25, 0.3) is 0 Å². The van der Waals surface area contributed by atoms with Crippen LogP contribution in [0.1, 0.15) is 25.8 Å². The maximum atomic E-state index is 13.1. The van der Waals surface area contributed by atoms with Gasteiger partial charge in [-0.15, -0.1) is 0 Å². The van der Waals surface area contributed by atoms with Crippen LogP contribution in [0.4, 0.5) is 0 Å². The number of ether oxygens (including phenoxy) is 3. The monoisotopic (exact) mass is 400 g/mol. The van der Waals surface area contributed by atoms with E-state index < -0.39 is 27.8 Å². The molecule has 1 saturated heterocycles. The van der Waals surface area contributed by atoms with E-state index in [1.807, 2.05) is 44.2 Å². The van der Waals surface area contributed by atoms with E-state index in [1.165, 1.54) is 0 Å². The molecule has 1 fully saturated rings. The standard InChI is InChI=1S/C22H24O5S/c1-22(2)26-20-14-18(28(23,24)17-11-7-4-8-12-17)13-19(21(20)27-22)25-15-16-9-5-3-6-10-16/h3-12,14,19-21H,13,15H2,1-2H3/t19-,20+,21-/m0/s1. The van der Waals surface area contributed by atoms with Crippen LogP contribution < -0.4 is 0 Å². The molecular formula is C22H24O5S. The lowest BCUT2D eigenvalue weighted by Gasteiger charge is -2.30. The maximum absolute atomic E-state index is 13.1.